The Hall–Kier alpha value is -2.57. The Balaban J connectivity index is 1.94. The van der Waals surface area contributed by atoms with Crippen molar-refractivity contribution in [1.29, 1.82) is 0 Å². The van der Waals surface area contributed by atoms with E-state index in [-0.39, 0.29) is 5.69 Å². The van der Waals surface area contributed by atoms with Crippen LogP contribution in [0.3, 0.4) is 0 Å². The molecule has 8 heteroatoms. The predicted octanol–water partition coefficient (Wildman–Crippen LogP) is 3.84. The van der Waals surface area contributed by atoms with Gasteiger partial charge in [-0.15, -0.1) is 5.10 Å². The molecular formula is C16H12Cl2N4O2. The van der Waals surface area contributed by atoms with Crippen LogP contribution in [-0.2, 0) is 0 Å². The molecule has 0 saturated heterocycles. The van der Waals surface area contributed by atoms with Crippen LogP contribution in [0.25, 0.3) is 5.69 Å². The van der Waals surface area contributed by atoms with Crippen LogP contribution in [0.4, 0.5) is 5.69 Å². The number of hydrogen-bond acceptors (Lipinski definition) is 4. The van der Waals surface area contributed by atoms with Crippen LogP contribution in [0.5, 0.6) is 5.75 Å². The summed E-state index contributed by atoms with van der Waals surface area (Å²) < 4.78 is 6.59. The summed E-state index contributed by atoms with van der Waals surface area (Å²) in [6.07, 6.45) is 1.36. The van der Waals surface area contributed by atoms with E-state index in [1.165, 1.54) is 18.0 Å². The van der Waals surface area contributed by atoms with Gasteiger partial charge in [0, 0.05) is 5.02 Å². The highest BCUT2D eigenvalue weighted by Crippen LogP contribution is 2.28. The summed E-state index contributed by atoms with van der Waals surface area (Å²) in [5, 5.41) is 11.4. The van der Waals surface area contributed by atoms with Gasteiger partial charge in [0.1, 0.15) is 5.75 Å². The summed E-state index contributed by atoms with van der Waals surface area (Å²) in [4.78, 5) is 12.6. The zero-order chi connectivity index (χ0) is 17.1. The largest absolute Gasteiger partial charge is 0.495 e. The number of carbonyl (C=O) groups is 1. The van der Waals surface area contributed by atoms with Gasteiger partial charge < -0.3 is 10.1 Å². The molecule has 0 bridgehead atoms. The maximum absolute atomic E-state index is 12.6. The van der Waals surface area contributed by atoms with Crippen molar-refractivity contribution >= 4 is 34.8 Å². The number of benzene rings is 2. The zero-order valence-corrected chi connectivity index (χ0v) is 14.0. The van der Waals surface area contributed by atoms with Crippen molar-refractivity contribution in [2.45, 2.75) is 0 Å². The fraction of sp³-hybridized carbons (Fsp3) is 0.0625. The summed E-state index contributed by atoms with van der Waals surface area (Å²) >= 11 is 12.1. The van der Waals surface area contributed by atoms with E-state index in [1.807, 2.05) is 0 Å². The summed E-state index contributed by atoms with van der Waals surface area (Å²) in [6, 6.07) is 12.0. The Morgan fingerprint density at radius 1 is 1.21 bits per heavy atom. The van der Waals surface area contributed by atoms with Gasteiger partial charge in [-0.2, -0.15) is 0 Å². The molecule has 2 aromatic carbocycles. The van der Waals surface area contributed by atoms with E-state index in [2.05, 4.69) is 15.6 Å². The summed E-state index contributed by atoms with van der Waals surface area (Å²) in [6.45, 7) is 0. The minimum atomic E-state index is -0.416. The Bertz CT molecular complexity index is 895. The van der Waals surface area contributed by atoms with Crippen molar-refractivity contribution in [1.82, 2.24) is 15.0 Å². The van der Waals surface area contributed by atoms with Crippen LogP contribution in [0.15, 0.2) is 48.7 Å². The quantitative estimate of drug-likeness (QED) is 0.765. The van der Waals surface area contributed by atoms with Crippen LogP contribution in [0.2, 0.25) is 10.0 Å². The second-order valence-electron chi connectivity index (χ2n) is 4.78. The fourth-order valence-corrected chi connectivity index (χ4v) is 2.54. The van der Waals surface area contributed by atoms with E-state index >= 15 is 0 Å². The number of nitrogens with one attached hydrogen (secondary N) is 1. The summed E-state index contributed by atoms with van der Waals surface area (Å²) in [7, 11) is 1.51. The van der Waals surface area contributed by atoms with Crippen molar-refractivity contribution in [3.63, 3.8) is 0 Å². The van der Waals surface area contributed by atoms with E-state index < -0.39 is 5.91 Å². The first-order chi connectivity index (χ1) is 11.6. The number of amides is 1. The van der Waals surface area contributed by atoms with Gasteiger partial charge in [0.15, 0.2) is 5.69 Å². The molecule has 24 heavy (non-hydrogen) atoms. The second-order valence-corrected chi connectivity index (χ2v) is 5.62. The number of para-hydroxylation sites is 1. The number of methoxy groups -OCH3 is 1. The maximum Gasteiger partial charge on any atom is 0.276 e. The first-order valence-corrected chi connectivity index (χ1v) is 7.66. The molecule has 0 fully saturated rings. The van der Waals surface area contributed by atoms with E-state index in [4.69, 9.17) is 27.9 Å². The van der Waals surface area contributed by atoms with Gasteiger partial charge in [-0.25, -0.2) is 4.68 Å². The van der Waals surface area contributed by atoms with Crippen LogP contribution >= 0.6 is 23.2 Å². The molecule has 3 rings (SSSR count). The number of aromatic nitrogens is 3. The normalized spacial score (nSPS) is 10.5. The number of rotatable bonds is 4. The van der Waals surface area contributed by atoms with Crippen LogP contribution in [-0.4, -0.2) is 28.0 Å². The number of halogens is 2. The van der Waals surface area contributed by atoms with Gasteiger partial charge in [-0.05, 0) is 30.3 Å². The molecule has 1 amide bonds. The number of ether oxygens (including phenoxy) is 1. The third-order valence-corrected chi connectivity index (χ3v) is 3.83. The topological polar surface area (TPSA) is 69.0 Å². The van der Waals surface area contributed by atoms with Gasteiger partial charge >= 0.3 is 0 Å². The van der Waals surface area contributed by atoms with Gasteiger partial charge in [-0.1, -0.05) is 40.5 Å². The molecule has 1 heterocycles. The average molecular weight is 363 g/mol. The molecule has 0 aliphatic carbocycles. The van der Waals surface area contributed by atoms with Crippen LogP contribution in [0, 0.1) is 0 Å². The Labute approximate surface area is 148 Å². The van der Waals surface area contributed by atoms with Crippen molar-refractivity contribution in [2.24, 2.45) is 0 Å². The third-order valence-electron chi connectivity index (χ3n) is 3.27. The number of carbonyl (C=O) groups excluding carboxylic acids is 1. The lowest BCUT2D eigenvalue weighted by molar-refractivity contribution is 0.101. The Kier molecular flexibility index (Phi) is 4.69. The van der Waals surface area contributed by atoms with Gasteiger partial charge in [0.2, 0.25) is 0 Å². The molecule has 6 nitrogen and oxygen atoms in total. The average Bonchev–Trinajstić information content (AvgIpc) is 3.05. The molecule has 0 aliphatic rings. The lowest BCUT2D eigenvalue weighted by atomic mass is 10.2. The summed E-state index contributed by atoms with van der Waals surface area (Å²) in [5.41, 5.74) is 1.23. The lowest BCUT2D eigenvalue weighted by Gasteiger charge is -2.11. The lowest BCUT2D eigenvalue weighted by Crippen LogP contribution is -2.17. The molecule has 0 saturated carbocycles. The molecule has 122 valence electrons. The zero-order valence-electron chi connectivity index (χ0n) is 12.5. The molecule has 1 N–H and O–H groups in total. The first-order valence-electron chi connectivity index (χ1n) is 6.90. The van der Waals surface area contributed by atoms with Gasteiger partial charge in [0.25, 0.3) is 5.91 Å². The minimum Gasteiger partial charge on any atom is -0.495 e. The minimum absolute atomic E-state index is 0.227. The fourth-order valence-electron chi connectivity index (χ4n) is 2.16. The molecule has 0 atom stereocenters. The molecule has 1 aromatic heterocycles. The maximum atomic E-state index is 12.6. The monoisotopic (exact) mass is 362 g/mol. The standard InChI is InChI=1S/C16H12Cl2N4O2/c1-24-15-7-6-10(17)8-12(15)20-16(23)14-9-19-21-22(14)13-5-3-2-4-11(13)18/h2-9H,1H3,(H,20,23). The van der Waals surface area contributed by atoms with Crippen molar-refractivity contribution in [3.8, 4) is 11.4 Å². The van der Waals surface area contributed by atoms with E-state index in [0.29, 0.717) is 27.2 Å². The third kappa shape index (κ3) is 3.20. The number of anilines is 1. The number of hydrogen-bond donors (Lipinski definition) is 1. The van der Waals surface area contributed by atoms with Crippen LogP contribution in [0.1, 0.15) is 10.5 Å². The van der Waals surface area contributed by atoms with Crippen molar-refractivity contribution in [3.05, 3.63) is 64.4 Å². The second kappa shape index (κ2) is 6.90. The highest BCUT2D eigenvalue weighted by Gasteiger charge is 2.18. The van der Waals surface area contributed by atoms with E-state index in [1.54, 1.807) is 42.5 Å². The molecular weight excluding hydrogens is 351 g/mol. The first kappa shape index (κ1) is 16.3. The van der Waals surface area contributed by atoms with Crippen molar-refractivity contribution < 1.29 is 9.53 Å². The van der Waals surface area contributed by atoms with Gasteiger partial charge in [-0.3, -0.25) is 4.79 Å². The molecule has 0 aliphatic heterocycles. The SMILES string of the molecule is COc1ccc(Cl)cc1NC(=O)c1cnnn1-c1ccccc1Cl. The van der Waals surface area contributed by atoms with E-state index in [0.717, 1.165) is 0 Å². The molecule has 3 aromatic rings. The van der Waals surface area contributed by atoms with Crippen LogP contribution < -0.4 is 10.1 Å². The molecule has 0 spiro atoms. The van der Waals surface area contributed by atoms with Crippen molar-refractivity contribution in [2.75, 3.05) is 12.4 Å². The Morgan fingerprint density at radius 3 is 2.75 bits per heavy atom. The summed E-state index contributed by atoms with van der Waals surface area (Å²) in [5.74, 6) is 0.0741. The van der Waals surface area contributed by atoms with E-state index in [9.17, 15) is 4.79 Å². The molecule has 0 unspecified atom stereocenters. The van der Waals surface area contributed by atoms with Gasteiger partial charge in [0.05, 0.1) is 29.7 Å². The molecule has 0 radical (unpaired) electrons. The number of nitrogens with zero attached hydrogens (tertiary/aromatic N) is 3. The smallest absolute Gasteiger partial charge is 0.276 e. The highest BCUT2D eigenvalue weighted by atomic mass is 35.5. The Morgan fingerprint density at radius 2 is 2.00 bits per heavy atom. The highest BCUT2D eigenvalue weighted by molar-refractivity contribution is 6.32. The predicted molar refractivity (Wildman–Crippen MR) is 92.3 cm³/mol.